The molecule has 5 rings (SSSR count). The fourth-order valence-electron chi connectivity index (χ4n) is 4.02. The first-order valence-electron chi connectivity index (χ1n) is 9.96. The molecule has 2 heterocycles. The van der Waals surface area contributed by atoms with Crippen molar-refractivity contribution in [1.29, 1.82) is 0 Å². The molecule has 156 valence electrons. The predicted octanol–water partition coefficient (Wildman–Crippen LogP) is 4.29. The number of carbonyl (C=O) groups excluding carboxylic acids is 3. The number of thiocarbonyl (C=S) groups is 1. The maximum atomic E-state index is 13.5. The Hall–Kier alpha value is -4.10. The van der Waals surface area contributed by atoms with E-state index in [2.05, 4.69) is 5.32 Å². The molecule has 4 aromatic rings. The lowest BCUT2D eigenvalue weighted by Gasteiger charge is -2.29. The van der Waals surface area contributed by atoms with Gasteiger partial charge < -0.3 is 0 Å². The summed E-state index contributed by atoms with van der Waals surface area (Å²) in [6, 6.07) is 20.6. The summed E-state index contributed by atoms with van der Waals surface area (Å²) in [5.74, 6) is -1.25. The van der Waals surface area contributed by atoms with Gasteiger partial charge in [0.15, 0.2) is 5.11 Å². The quantitative estimate of drug-likeness (QED) is 0.287. The Morgan fingerprint density at radius 3 is 2.41 bits per heavy atom. The molecular weight excluding hydrogens is 422 g/mol. The van der Waals surface area contributed by atoms with E-state index in [1.54, 1.807) is 12.3 Å². The molecule has 2 amide bonds. The van der Waals surface area contributed by atoms with E-state index in [1.807, 2.05) is 60.7 Å². The highest BCUT2D eigenvalue weighted by atomic mass is 32.1. The Kier molecular flexibility index (Phi) is 4.68. The third-order valence-electron chi connectivity index (χ3n) is 5.49. The Bertz CT molecular complexity index is 1490. The lowest BCUT2D eigenvalue weighted by molar-refractivity contribution is -0.122. The summed E-state index contributed by atoms with van der Waals surface area (Å²) < 4.78 is 1.50. The van der Waals surface area contributed by atoms with Gasteiger partial charge in [0.05, 0.1) is 11.2 Å². The summed E-state index contributed by atoms with van der Waals surface area (Å²) in [6.45, 7) is 1.46. The SMILES string of the molecule is CC(=O)n1cc(C=C2C(=O)NC(=S)N(c3cccc4ccccc34)C2=O)c2ccccc21. The maximum absolute atomic E-state index is 13.5. The van der Waals surface area contributed by atoms with E-state index in [9.17, 15) is 14.4 Å². The Labute approximate surface area is 188 Å². The molecule has 32 heavy (non-hydrogen) atoms. The van der Waals surface area contributed by atoms with Crippen LogP contribution in [0, 0.1) is 0 Å². The average molecular weight is 439 g/mol. The van der Waals surface area contributed by atoms with Crippen LogP contribution < -0.4 is 10.2 Å². The van der Waals surface area contributed by atoms with Crippen LogP contribution in [0.3, 0.4) is 0 Å². The number of amides is 2. The van der Waals surface area contributed by atoms with E-state index in [0.29, 0.717) is 16.8 Å². The van der Waals surface area contributed by atoms with Crippen LogP contribution in [0.25, 0.3) is 27.8 Å². The molecule has 1 fully saturated rings. The summed E-state index contributed by atoms with van der Waals surface area (Å²) >= 11 is 5.36. The van der Waals surface area contributed by atoms with E-state index in [1.165, 1.54) is 22.5 Å². The Morgan fingerprint density at radius 2 is 1.62 bits per heavy atom. The molecule has 1 N–H and O–H groups in total. The van der Waals surface area contributed by atoms with Gasteiger partial charge in [0.2, 0.25) is 5.91 Å². The van der Waals surface area contributed by atoms with Crippen LogP contribution in [0.4, 0.5) is 5.69 Å². The fourth-order valence-corrected chi connectivity index (χ4v) is 4.29. The van der Waals surface area contributed by atoms with Gasteiger partial charge in [-0.15, -0.1) is 0 Å². The standard InChI is InChI=1S/C25H17N3O3S/c1-15(29)27-14-17(19-10-4-5-11-21(19)27)13-20-23(30)26-25(32)28(24(20)31)22-12-6-8-16-7-2-3-9-18(16)22/h2-14H,1H3,(H,26,30,32). The second-order valence-corrected chi connectivity index (χ2v) is 7.83. The van der Waals surface area contributed by atoms with Crippen molar-refractivity contribution in [2.24, 2.45) is 0 Å². The van der Waals surface area contributed by atoms with Crippen molar-refractivity contribution in [2.45, 2.75) is 6.92 Å². The summed E-state index contributed by atoms with van der Waals surface area (Å²) in [7, 11) is 0. The van der Waals surface area contributed by atoms with Crippen molar-refractivity contribution in [2.75, 3.05) is 4.90 Å². The Balaban J connectivity index is 1.66. The zero-order chi connectivity index (χ0) is 22.4. The molecule has 0 aliphatic carbocycles. The van der Waals surface area contributed by atoms with Gasteiger partial charge >= 0.3 is 0 Å². The number of hydrogen-bond acceptors (Lipinski definition) is 4. The minimum atomic E-state index is -0.573. The van der Waals surface area contributed by atoms with Crippen molar-refractivity contribution in [3.63, 3.8) is 0 Å². The molecule has 0 spiro atoms. The molecule has 3 aromatic carbocycles. The molecule has 0 unspecified atom stereocenters. The zero-order valence-corrected chi connectivity index (χ0v) is 17.8. The van der Waals surface area contributed by atoms with Gasteiger partial charge in [0.1, 0.15) is 5.57 Å². The van der Waals surface area contributed by atoms with Crippen LogP contribution >= 0.6 is 12.2 Å². The smallest absolute Gasteiger partial charge is 0.270 e. The molecule has 1 saturated heterocycles. The predicted molar refractivity (Wildman–Crippen MR) is 128 cm³/mol. The van der Waals surface area contributed by atoms with Crippen molar-refractivity contribution in [3.05, 3.63) is 84.1 Å². The van der Waals surface area contributed by atoms with Gasteiger partial charge in [-0.2, -0.15) is 0 Å². The summed E-state index contributed by atoms with van der Waals surface area (Å²) in [4.78, 5) is 39.7. The minimum Gasteiger partial charge on any atom is -0.298 e. The number of para-hydroxylation sites is 1. The van der Waals surface area contributed by atoms with Crippen LogP contribution in [0.2, 0.25) is 0 Å². The highest BCUT2D eigenvalue weighted by Crippen LogP contribution is 2.31. The number of nitrogens with one attached hydrogen (secondary N) is 1. The van der Waals surface area contributed by atoms with Gasteiger partial charge in [0, 0.05) is 29.5 Å². The van der Waals surface area contributed by atoms with Crippen LogP contribution in [0.1, 0.15) is 17.3 Å². The lowest BCUT2D eigenvalue weighted by Crippen LogP contribution is -2.54. The second kappa shape index (κ2) is 7.55. The van der Waals surface area contributed by atoms with Crippen molar-refractivity contribution in [3.8, 4) is 0 Å². The highest BCUT2D eigenvalue weighted by molar-refractivity contribution is 7.80. The third kappa shape index (κ3) is 3.11. The molecule has 7 heteroatoms. The van der Waals surface area contributed by atoms with Crippen molar-refractivity contribution >= 4 is 68.5 Å². The summed E-state index contributed by atoms with van der Waals surface area (Å²) in [5, 5.41) is 5.21. The number of benzene rings is 3. The molecule has 0 saturated carbocycles. The van der Waals surface area contributed by atoms with Gasteiger partial charge in [0.25, 0.3) is 11.8 Å². The number of fused-ring (bicyclic) bond motifs is 2. The van der Waals surface area contributed by atoms with E-state index >= 15 is 0 Å². The number of nitrogens with zero attached hydrogens (tertiary/aromatic N) is 2. The van der Waals surface area contributed by atoms with E-state index < -0.39 is 11.8 Å². The number of aromatic nitrogens is 1. The molecular formula is C25H17N3O3S. The first-order valence-corrected chi connectivity index (χ1v) is 10.4. The zero-order valence-electron chi connectivity index (χ0n) is 17.0. The summed E-state index contributed by atoms with van der Waals surface area (Å²) in [6.07, 6.45) is 3.15. The molecule has 0 radical (unpaired) electrons. The molecule has 1 aliphatic rings. The van der Waals surface area contributed by atoms with Gasteiger partial charge in [-0.25, -0.2) is 0 Å². The monoisotopic (exact) mass is 439 g/mol. The number of rotatable bonds is 2. The number of carbonyl (C=O) groups is 3. The number of hydrogen-bond donors (Lipinski definition) is 1. The molecule has 1 aromatic heterocycles. The topological polar surface area (TPSA) is 71.4 Å². The third-order valence-corrected chi connectivity index (χ3v) is 5.78. The first kappa shape index (κ1) is 19.8. The van der Waals surface area contributed by atoms with Crippen LogP contribution in [-0.4, -0.2) is 27.4 Å². The molecule has 1 aliphatic heterocycles. The van der Waals surface area contributed by atoms with Gasteiger partial charge in [-0.05, 0) is 35.8 Å². The van der Waals surface area contributed by atoms with Crippen molar-refractivity contribution < 1.29 is 14.4 Å². The molecule has 0 atom stereocenters. The lowest BCUT2D eigenvalue weighted by atomic mass is 10.0. The van der Waals surface area contributed by atoms with Crippen LogP contribution in [0.15, 0.2) is 78.5 Å². The summed E-state index contributed by atoms with van der Waals surface area (Å²) in [5.41, 5.74) is 1.84. The van der Waals surface area contributed by atoms with Crippen LogP contribution in [0.5, 0.6) is 0 Å². The number of anilines is 1. The fraction of sp³-hybridized carbons (Fsp3) is 0.0400. The van der Waals surface area contributed by atoms with Crippen LogP contribution in [-0.2, 0) is 9.59 Å². The van der Waals surface area contributed by atoms with E-state index in [4.69, 9.17) is 12.2 Å². The van der Waals surface area contributed by atoms with Gasteiger partial charge in [-0.1, -0.05) is 54.6 Å². The Morgan fingerprint density at radius 1 is 0.938 bits per heavy atom. The van der Waals surface area contributed by atoms with Gasteiger partial charge in [-0.3, -0.25) is 29.2 Å². The first-order chi connectivity index (χ1) is 15.5. The minimum absolute atomic E-state index is 0.0275. The van der Waals surface area contributed by atoms with E-state index in [0.717, 1.165) is 16.2 Å². The highest BCUT2D eigenvalue weighted by Gasteiger charge is 2.35. The van der Waals surface area contributed by atoms with E-state index in [-0.39, 0.29) is 16.6 Å². The largest absolute Gasteiger partial charge is 0.298 e. The molecule has 6 nitrogen and oxygen atoms in total. The molecule has 0 bridgehead atoms. The average Bonchev–Trinajstić information content (AvgIpc) is 3.15. The van der Waals surface area contributed by atoms with Crippen molar-refractivity contribution in [1.82, 2.24) is 9.88 Å². The second-order valence-electron chi connectivity index (χ2n) is 7.45. The maximum Gasteiger partial charge on any atom is 0.270 e. The normalized spacial score (nSPS) is 15.6.